The highest BCUT2D eigenvalue weighted by Gasteiger charge is 2.42. The van der Waals surface area contributed by atoms with Gasteiger partial charge in [-0.1, -0.05) is 6.92 Å². The summed E-state index contributed by atoms with van der Waals surface area (Å²) in [4.78, 5) is 16.0. The molecule has 1 fully saturated rings. The van der Waals surface area contributed by atoms with Gasteiger partial charge in [0.1, 0.15) is 5.54 Å². The molecule has 4 nitrogen and oxygen atoms in total. The first-order valence-corrected chi connectivity index (χ1v) is 7.13. The molecule has 0 aromatic carbocycles. The Kier molecular flexibility index (Phi) is 3.75. The molecule has 1 aromatic heterocycles. The van der Waals surface area contributed by atoms with Crippen molar-refractivity contribution in [3.05, 3.63) is 21.9 Å². The topological polar surface area (TPSA) is 66.6 Å². The van der Waals surface area contributed by atoms with E-state index in [4.69, 9.17) is 10.8 Å². The molecule has 1 aliphatic heterocycles. The molecule has 1 saturated heterocycles. The maximum absolute atomic E-state index is 11.1. The van der Waals surface area contributed by atoms with E-state index in [1.54, 1.807) is 11.3 Å². The minimum atomic E-state index is -1.07. The lowest BCUT2D eigenvalue weighted by atomic mass is 10.0. The number of carboxylic acids is 1. The molecular formula is C13H20N2O2S. The Morgan fingerprint density at radius 2 is 2.39 bits per heavy atom. The lowest BCUT2D eigenvalue weighted by molar-refractivity contribution is -0.142. The number of thiophene rings is 1. The Balaban J connectivity index is 2.07. The van der Waals surface area contributed by atoms with Gasteiger partial charge in [0, 0.05) is 28.9 Å². The van der Waals surface area contributed by atoms with Crippen LogP contribution in [-0.4, -0.2) is 34.6 Å². The molecule has 1 aliphatic rings. The van der Waals surface area contributed by atoms with Crippen LogP contribution < -0.4 is 5.73 Å². The van der Waals surface area contributed by atoms with E-state index < -0.39 is 11.5 Å². The number of hydrogen-bond acceptors (Lipinski definition) is 4. The van der Waals surface area contributed by atoms with Crippen LogP contribution >= 0.6 is 11.3 Å². The van der Waals surface area contributed by atoms with Crippen LogP contribution in [0.3, 0.4) is 0 Å². The first-order chi connectivity index (χ1) is 8.46. The first kappa shape index (κ1) is 13.5. The summed E-state index contributed by atoms with van der Waals surface area (Å²) in [7, 11) is 0. The maximum Gasteiger partial charge on any atom is 0.325 e. The molecule has 2 heterocycles. The van der Waals surface area contributed by atoms with E-state index in [9.17, 15) is 4.79 Å². The second-order valence-corrected chi connectivity index (χ2v) is 6.22. The van der Waals surface area contributed by atoms with Crippen molar-refractivity contribution in [2.24, 2.45) is 5.73 Å². The van der Waals surface area contributed by atoms with Gasteiger partial charge in [-0.25, -0.2) is 0 Å². The van der Waals surface area contributed by atoms with E-state index in [2.05, 4.69) is 30.9 Å². The fraction of sp³-hybridized carbons (Fsp3) is 0.615. The van der Waals surface area contributed by atoms with Crippen LogP contribution in [0.2, 0.25) is 0 Å². The highest BCUT2D eigenvalue weighted by molar-refractivity contribution is 7.12. The number of aliphatic carboxylic acids is 1. The summed E-state index contributed by atoms with van der Waals surface area (Å²) in [5.41, 5.74) is 4.83. The van der Waals surface area contributed by atoms with Crippen molar-refractivity contribution in [2.45, 2.75) is 38.3 Å². The predicted molar refractivity (Wildman–Crippen MR) is 72.9 cm³/mol. The molecule has 2 rings (SSSR count). The largest absolute Gasteiger partial charge is 0.480 e. The molecule has 2 atom stereocenters. The summed E-state index contributed by atoms with van der Waals surface area (Å²) in [6, 6.07) is 4.55. The zero-order valence-corrected chi connectivity index (χ0v) is 11.7. The molecule has 3 N–H and O–H groups in total. The van der Waals surface area contributed by atoms with E-state index in [1.165, 1.54) is 9.75 Å². The van der Waals surface area contributed by atoms with Crippen molar-refractivity contribution in [3.8, 4) is 0 Å². The number of rotatable bonds is 4. The second kappa shape index (κ2) is 4.99. The summed E-state index contributed by atoms with van der Waals surface area (Å²) in [6.07, 6.45) is 1.58. The fourth-order valence-corrected chi connectivity index (χ4v) is 3.40. The Hall–Kier alpha value is -0.910. The number of nitrogens with two attached hydrogens (primary N) is 1. The van der Waals surface area contributed by atoms with Gasteiger partial charge in [-0.05, 0) is 31.9 Å². The lowest BCUT2D eigenvalue weighted by Gasteiger charge is -2.25. The minimum absolute atomic E-state index is 0.250. The van der Waals surface area contributed by atoms with Crippen LogP contribution in [0, 0.1) is 0 Å². The molecule has 0 radical (unpaired) electrons. The standard InChI is InChI=1S/C13H20N2O2S/c1-3-10-4-5-11(18-10)9(2)15-7-6-13(14,8-15)12(16)17/h4-5,9H,3,6-8,14H2,1-2H3,(H,16,17). The van der Waals surface area contributed by atoms with Gasteiger partial charge >= 0.3 is 5.97 Å². The third-order valence-corrected chi connectivity index (χ3v) is 5.15. The summed E-state index contributed by atoms with van der Waals surface area (Å²) >= 11 is 1.81. The van der Waals surface area contributed by atoms with E-state index >= 15 is 0 Å². The molecule has 2 unspecified atom stereocenters. The predicted octanol–water partition coefficient (Wildman–Crippen LogP) is 1.86. The molecule has 0 spiro atoms. The van der Waals surface area contributed by atoms with Crippen molar-refractivity contribution >= 4 is 17.3 Å². The van der Waals surface area contributed by atoms with Crippen LogP contribution in [0.25, 0.3) is 0 Å². The van der Waals surface area contributed by atoms with Crippen LogP contribution in [0.4, 0.5) is 0 Å². The molecule has 18 heavy (non-hydrogen) atoms. The highest BCUT2D eigenvalue weighted by atomic mass is 32.1. The zero-order valence-electron chi connectivity index (χ0n) is 10.8. The van der Waals surface area contributed by atoms with Gasteiger partial charge in [-0.15, -0.1) is 11.3 Å². The molecule has 0 saturated carbocycles. The van der Waals surface area contributed by atoms with Gasteiger partial charge in [0.2, 0.25) is 0 Å². The second-order valence-electron chi connectivity index (χ2n) is 5.02. The molecule has 0 bridgehead atoms. The number of carboxylic acid groups (broad SMARTS) is 1. The lowest BCUT2D eigenvalue weighted by Crippen LogP contribution is -2.50. The van der Waals surface area contributed by atoms with Crippen molar-refractivity contribution in [1.29, 1.82) is 0 Å². The number of carbonyl (C=O) groups is 1. The van der Waals surface area contributed by atoms with Gasteiger partial charge in [0.05, 0.1) is 0 Å². The van der Waals surface area contributed by atoms with E-state index in [0.29, 0.717) is 13.0 Å². The normalized spacial score (nSPS) is 26.4. The summed E-state index contributed by atoms with van der Waals surface area (Å²) in [5, 5.41) is 9.14. The molecule has 0 aliphatic carbocycles. The zero-order chi connectivity index (χ0) is 13.3. The van der Waals surface area contributed by atoms with Gasteiger partial charge < -0.3 is 10.8 Å². The van der Waals surface area contributed by atoms with Crippen molar-refractivity contribution in [1.82, 2.24) is 4.90 Å². The minimum Gasteiger partial charge on any atom is -0.480 e. The smallest absolute Gasteiger partial charge is 0.325 e. The number of likely N-dealkylation sites (tertiary alicyclic amines) is 1. The quantitative estimate of drug-likeness (QED) is 0.874. The summed E-state index contributed by atoms with van der Waals surface area (Å²) in [5.74, 6) is -0.891. The van der Waals surface area contributed by atoms with E-state index in [1.807, 2.05) is 0 Å². The number of aryl methyl sites for hydroxylation is 1. The van der Waals surface area contributed by atoms with E-state index in [0.717, 1.165) is 13.0 Å². The Labute approximate surface area is 111 Å². The molecule has 0 amide bonds. The Bertz CT molecular complexity index is 446. The van der Waals surface area contributed by atoms with Crippen molar-refractivity contribution in [3.63, 3.8) is 0 Å². The van der Waals surface area contributed by atoms with Gasteiger partial charge in [-0.2, -0.15) is 0 Å². The number of nitrogens with zero attached hydrogens (tertiary/aromatic N) is 1. The van der Waals surface area contributed by atoms with Crippen LogP contribution in [0.1, 0.15) is 36.1 Å². The van der Waals surface area contributed by atoms with Gasteiger partial charge in [0.15, 0.2) is 0 Å². The monoisotopic (exact) mass is 268 g/mol. The van der Waals surface area contributed by atoms with Crippen LogP contribution in [-0.2, 0) is 11.2 Å². The average Bonchev–Trinajstić information content (AvgIpc) is 2.95. The SMILES string of the molecule is CCc1ccc(C(C)N2CCC(N)(C(=O)O)C2)s1. The maximum atomic E-state index is 11.1. The summed E-state index contributed by atoms with van der Waals surface area (Å²) < 4.78 is 0. The Morgan fingerprint density at radius 1 is 1.67 bits per heavy atom. The van der Waals surface area contributed by atoms with E-state index in [-0.39, 0.29) is 6.04 Å². The van der Waals surface area contributed by atoms with Crippen molar-refractivity contribution in [2.75, 3.05) is 13.1 Å². The molecular weight excluding hydrogens is 248 g/mol. The molecule has 1 aromatic rings. The number of hydrogen-bond donors (Lipinski definition) is 2. The van der Waals surface area contributed by atoms with Gasteiger partial charge in [0.25, 0.3) is 0 Å². The average molecular weight is 268 g/mol. The molecule has 5 heteroatoms. The third-order valence-electron chi connectivity index (χ3n) is 3.75. The highest BCUT2D eigenvalue weighted by Crippen LogP contribution is 2.32. The molecule has 100 valence electrons. The Morgan fingerprint density at radius 3 is 2.89 bits per heavy atom. The first-order valence-electron chi connectivity index (χ1n) is 6.31. The fourth-order valence-electron chi connectivity index (χ4n) is 2.36. The summed E-state index contributed by atoms with van der Waals surface area (Å²) in [6.45, 7) is 5.45. The van der Waals surface area contributed by atoms with Gasteiger partial charge in [-0.3, -0.25) is 9.69 Å². The van der Waals surface area contributed by atoms with Crippen LogP contribution in [0.5, 0.6) is 0 Å². The van der Waals surface area contributed by atoms with Crippen molar-refractivity contribution < 1.29 is 9.90 Å². The van der Waals surface area contributed by atoms with Crippen LogP contribution in [0.15, 0.2) is 12.1 Å². The third kappa shape index (κ3) is 2.43.